The molecule has 1 atom stereocenters. The van der Waals surface area contributed by atoms with Crippen molar-refractivity contribution < 1.29 is 4.79 Å². The molecular formula is C12H23N3OS. The minimum atomic E-state index is -0.279. The summed E-state index contributed by atoms with van der Waals surface area (Å²) in [5, 5.41) is 9.67. The fourth-order valence-electron chi connectivity index (χ4n) is 2.06. The number of likely N-dealkylation sites (N-methyl/N-ethyl adjacent to an activating group) is 1. The van der Waals surface area contributed by atoms with E-state index in [0.717, 1.165) is 0 Å². The number of rotatable bonds is 4. The lowest BCUT2D eigenvalue weighted by Gasteiger charge is -2.25. The maximum atomic E-state index is 11.5. The first-order valence-electron chi connectivity index (χ1n) is 6.48. The molecule has 0 aromatic heterocycles. The van der Waals surface area contributed by atoms with Gasteiger partial charge in [0.2, 0.25) is 5.91 Å². The Morgan fingerprint density at radius 2 is 2.00 bits per heavy atom. The average Bonchev–Trinajstić information content (AvgIpc) is 2.30. The van der Waals surface area contributed by atoms with Crippen LogP contribution in [-0.2, 0) is 4.79 Å². The van der Waals surface area contributed by atoms with Gasteiger partial charge in [0, 0.05) is 12.6 Å². The topological polar surface area (TPSA) is 53.2 Å². The molecule has 1 aliphatic carbocycles. The summed E-state index contributed by atoms with van der Waals surface area (Å²) < 4.78 is 0. The van der Waals surface area contributed by atoms with E-state index in [4.69, 9.17) is 12.2 Å². The van der Waals surface area contributed by atoms with E-state index < -0.39 is 0 Å². The third-order valence-corrected chi connectivity index (χ3v) is 3.27. The van der Waals surface area contributed by atoms with Gasteiger partial charge in [0.25, 0.3) is 0 Å². The van der Waals surface area contributed by atoms with E-state index in [1.54, 1.807) is 0 Å². The number of thiocarbonyl (C=S) groups is 1. The van der Waals surface area contributed by atoms with Gasteiger partial charge in [0.15, 0.2) is 5.11 Å². The second-order valence-electron chi connectivity index (χ2n) is 4.57. The maximum Gasteiger partial charge on any atom is 0.242 e. The summed E-state index contributed by atoms with van der Waals surface area (Å²) in [6.45, 7) is 4.37. The Labute approximate surface area is 109 Å². The van der Waals surface area contributed by atoms with Crippen molar-refractivity contribution in [2.75, 3.05) is 6.54 Å². The number of nitrogens with one attached hydrogen (secondary N) is 3. The summed E-state index contributed by atoms with van der Waals surface area (Å²) in [4.78, 5) is 11.5. The van der Waals surface area contributed by atoms with Crippen molar-refractivity contribution in [1.29, 1.82) is 0 Å². The highest BCUT2D eigenvalue weighted by Gasteiger charge is 2.16. The van der Waals surface area contributed by atoms with Gasteiger partial charge in [-0.1, -0.05) is 19.3 Å². The first-order chi connectivity index (χ1) is 8.13. The van der Waals surface area contributed by atoms with E-state index in [1.165, 1.54) is 32.1 Å². The third kappa shape index (κ3) is 5.35. The zero-order valence-corrected chi connectivity index (χ0v) is 11.5. The van der Waals surface area contributed by atoms with Crippen molar-refractivity contribution >= 4 is 23.2 Å². The van der Waals surface area contributed by atoms with Crippen LogP contribution in [0.2, 0.25) is 0 Å². The first-order valence-corrected chi connectivity index (χ1v) is 6.89. The first kappa shape index (κ1) is 14.2. The third-order valence-electron chi connectivity index (χ3n) is 3.03. The standard InChI is InChI=1S/C12H23N3OS/c1-3-13-11(16)9(2)14-12(17)15-10-7-5-4-6-8-10/h9-10H,3-8H2,1-2H3,(H,13,16)(H2,14,15,17). The molecule has 0 heterocycles. The maximum absolute atomic E-state index is 11.5. The van der Waals surface area contributed by atoms with E-state index in [9.17, 15) is 4.79 Å². The molecule has 17 heavy (non-hydrogen) atoms. The van der Waals surface area contributed by atoms with Crippen LogP contribution in [0.5, 0.6) is 0 Å². The van der Waals surface area contributed by atoms with E-state index in [1.807, 2.05) is 13.8 Å². The molecule has 1 unspecified atom stereocenters. The molecule has 0 saturated heterocycles. The van der Waals surface area contributed by atoms with Gasteiger partial charge in [-0.05, 0) is 38.9 Å². The van der Waals surface area contributed by atoms with Crippen LogP contribution in [0.1, 0.15) is 46.0 Å². The quantitative estimate of drug-likeness (QED) is 0.665. The highest BCUT2D eigenvalue weighted by molar-refractivity contribution is 7.80. The largest absolute Gasteiger partial charge is 0.360 e. The van der Waals surface area contributed by atoms with Crippen LogP contribution in [0.15, 0.2) is 0 Å². The van der Waals surface area contributed by atoms with E-state index in [2.05, 4.69) is 16.0 Å². The van der Waals surface area contributed by atoms with Gasteiger partial charge in [0.05, 0.1) is 0 Å². The Morgan fingerprint density at radius 3 is 2.59 bits per heavy atom. The van der Waals surface area contributed by atoms with Crippen LogP contribution in [0.25, 0.3) is 0 Å². The van der Waals surface area contributed by atoms with Crippen LogP contribution in [0.4, 0.5) is 0 Å². The summed E-state index contributed by atoms with van der Waals surface area (Å²) in [7, 11) is 0. The lowest BCUT2D eigenvalue weighted by atomic mass is 9.96. The molecule has 1 aliphatic rings. The summed E-state index contributed by atoms with van der Waals surface area (Å²) in [5.41, 5.74) is 0. The second-order valence-corrected chi connectivity index (χ2v) is 4.98. The molecule has 1 rings (SSSR count). The Kier molecular flexibility index (Phi) is 6.26. The van der Waals surface area contributed by atoms with E-state index in [-0.39, 0.29) is 11.9 Å². The van der Waals surface area contributed by atoms with Crippen LogP contribution >= 0.6 is 12.2 Å². The van der Waals surface area contributed by atoms with Crippen LogP contribution < -0.4 is 16.0 Å². The molecule has 0 bridgehead atoms. The number of carbonyl (C=O) groups is 1. The van der Waals surface area contributed by atoms with Gasteiger partial charge < -0.3 is 16.0 Å². The molecule has 4 nitrogen and oxygen atoms in total. The van der Waals surface area contributed by atoms with Crippen molar-refractivity contribution in [3.8, 4) is 0 Å². The van der Waals surface area contributed by atoms with Gasteiger partial charge >= 0.3 is 0 Å². The molecule has 3 N–H and O–H groups in total. The SMILES string of the molecule is CCNC(=O)C(C)NC(=S)NC1CCCCC1. The molecule has 98 valence electrons. The summed E-state index contributed by atoms with van der Waals surface area (Å²) in [6, 6.07) is 0.198. The predicted molar refractivity (Wildman–Crippen MR) is 73.9 cm³/mol. The minimum Gasteiger partial charge on any atom is -0.360 e. The average molecular weight is 257 g/mol. The summed E-state index contributed by atoms with van der Waals surface area (Å²) in [5.74, 6) is -0.0136. The number of hydrogen-bond acceptors (Lipinski definition) is 2. The van der Waals surface area contributed by atoms with Crippen molar-refractivity contribution in [2.24, 2.45) is 0 Å². The normalized spacial score (nSPS) is 18.2. The zero-order chi connectivity index (χ0) is 12.7. The fraction of sp³-hybridized carbons (Fsp3) is 0.833. The van der Waals surface area contributed by atoms with Gasteiger partial charge in [-0.15, -0.1) is 0 Å². The van der Waals surface area contributed by atoms with Crippen LogP contribution in [-0.4, -0.2) is 29.6 Å². The lowest BCUT2D eigenvalue weighted by Crippen LogP contribution is -2.50. The number of hydrogen-bond donors (Lipinski definition) is 3. The highest BCUT2D eigenvalue weighted by atomic mass is 32.1. The molecule has 1 fully saturated rings. The molecule has 1 amide bonds. The van der Waals surface area contributed by atoms with Gasteiger partial charge in [-0.3, -0.25) is 4.79 Å². The highest BCUT2D eigenvalue weighted by Crippen LogP contribution is 2.17. The molecule has 0 radical (unpaired) electrons. The van der Waals surface area contributed by atoms with Crippen molar-refractivity contribution in [3.63, 3.8) is 0 Å². The zero-order valence-electron chi connectivity index (χ0n) is 10.7. The van der Waals surface area contributed by atoms with Gasteiger partial charge in [-0.2, -0.15) is 0 Å². The summed E-state index contributed by atoms with van der Waals surface area (Å²) >= 11 is 5.21. The minimum absolute atomic E-state index is 0.0136. The number of amides is 1. The van der Waals surface area contributed by atoms with Crippen LogP contribution in [0.3, 0.4) is 0 Å². The molecule has 0 spiro atoms. The Balaban J connectivity index is 2.25. The van der Waals surface area contributed by atoms with Crippen molar-refractivity contribution in [3.05, 3.63) is 0 Å². The Bertz CT molecular complexity index is 264. The second kappa shape index (κ2) is 7.48. The predicted octanol–water partition coefficient (Wildman–Crippen LogP) is 1.31. The van der Waals surface area contributed by atoms with E-state index >= 15 is 0 Å². The van der Waals surface area contributed by atoms with Gasteiger partial charge in [0.1, 0.15) is 6.04 Å². The van der Waals surface area contributed by atoms with Crippen molar-refractivity contribution in [1.82, 2.24) is 16.0 Å². The Hall–Kier alpha value is -0.840. The molecule has 5 heteroatoms. The molecule has 0 aliphatic heterocycles. The fourth-order valence-corrected chi connectivity index (χ4v) is 2.41. The summed E-state index contributed by atoms with van der Waals surface area (Å²) in [6.07, 6.45) is 6.22. The molecule has 1 saturated carbocycles. The lowest BCUT2D eigenvalue weighted by molar-refractivity contribution is -0.122. The van der Waals surface area contributed by atoms with Crippen molar-refractivity contribution in [2.45, 2.75) is 58.0 Å². The van der Waals surface area contributed by atoms with E-state index in [0.29, 0.717) is 17.7 Å². The molecule has 0 aromatic rings. The van der Waals surface area contributed by atoms with Crippen LogP contribution in [0, 0.1) is 0 Å². The smallest absolute Gasteiger partial charge is 0.242 e. The Morgan fingerprint density at radius 1 is 1.35 bits per heavy atom. The van der Waals surface area contributed by atoms with Gasteiger partial charge in [-0.25, -0.2) is 0 Å². The number of carbonyl (C=O) groups excluding carboxylic acids is 1. The molecule has 0 aromatic carbocycles. The molecular weight excluding hydrogens is 234 g/mol. The monoisotopic (exact) mass is 257 g/mol.